The lowest BCUT2D eigenvalue weighted by Gasteiger charge is -1.97. The van der Waals surface area contributed by atoms with E-state index in [1.807, 2.05) is 31.2 Å². The Bertz CT molecular complexity index is 405. The molecule has 0 saturated carbocycles. The van der Waals surface area contributed by atoms with Crippen LogP contribution in [0.25, 0.3) is 11.3 Å². The fraction of sp³-hybridized carbons (Fsp3) is 0.100. The molecule has 0 N–H and O–H groups in total. The van der Waals surface area contributed by atoms with E-state index in [0.29, 0.717) is 5.69 Å². The van der Waals surface area contributed by atoms with Gasteiger partial charge in [0.25, 0.3) is 0 Å². The van der Waals surface area contributed by atoms with E-state index >= 15 is 0 Å². The minimum Gasteiger partial charge on any atom is -0.617 e. The molecule has 0 bridgehead atoms. The maximum absolute atomic E-state index is 11.2. The highest BCUT2D eigenvalue weighted by atomic mass is 32.1. The molecular formula is C10H8NOS. The second-order valence-electron chi connectivity index (χ2n) is 2.87. The molecule has 1 aromatic carbocycles. The molecule has 2 aromatic rings. The van der Waals surface area contributed by atoms with Gasteiger partial charge >= 0.3 is 5.51 Å². The summed E-state index contributed by atoms with van der Waals surface area (Å²) in [4.78, 5) is 0. The molecule has 1 radical (unpaired) electrons. The van der Waals surface area contributed by atoms with Crippen LogP contribution in [0.15, 0.2) is 29.6 Å². The zero-order valence-electron chi connectivity index (χ0n) is 7.15. The number of aryl methyl sites for hydroxylation is 1. The molecule has 0 fully saturated rings. The SMILES string of the molecule is Cc1ccc(-c2cs[c][n+]2[O-])cc1. The molecule has 1 aromatic heterocycles. The van der Waals surface area contributed by atoms with Crippen molar-refractivity contribution < 1.29 is 4.73 Å². The predicted molar refractivity (Wildman–Crippen MR) is 52.3 cm³/mol. The Morgan fingerprint density at radius 1 is 1.31 bits per heavy atom. The van der Waals surface area contributed by atoms with Crippen LogP contribution in [-0.4, -0.2) is 0 Å². The van der Waals surface area contributed by atoms with Crippen LogP contribution in [0.5, 0.6) is 0 Å². The van der Waals surface area contributed by atoms with Crippen molar-refractivity contribution in [2.24, 2.45) is 0 Å². The van der Waals surface area contributed by atoms with Crippen molar-refractivity contribution in [3.63, 3.8) is 0 Å². The third-order valence-electron chi connectivity index (χ3n) is 1.87. The van der Waals surface area contributed by atoms with Crippen molar-refractivity contribution in [2.75, 3.05) is 0 Å². The summed E-state index contributed by atoms with van der Waals surface area (Å²) < 4.78 is 0.773. The second-order valence-corrected chi connectivity index (χ2v) is 3.53. The lowest BCUT2D eigenvalue weighted by Crippen LogP contribution is -2.25. The molecule has 2 nitrogen and oxygen atoms in total. The highest BCUT2D eigenvalue weighted by Crippen LogP contribution is 2.17. The topological polar surface area (TPSA) is 26.9 Å². The number of thiazole rings is 1. The van der Waals surface area contributed by atoms with E-state index in [-0.39, 0.29) is 0 Å². The van der Waals surface area contributed by atoms with E-state index in [1.165, 1.54) is 16.9 Å². The average Bonchev–Trinajstić information content (AvgIpc) is 2.53. The summed E-state index contributed by atoms with van der Waals surface area (Å²) in [5, 5.41) is 13.0. The summed E-state index contributed by atoms with van der Waals surface area (Å²) >= 11 is 1.29. The van der Waals surface area contributed by atoms with Crippen molar-refractivity contribution in [1.29, 1.82) is 0 Å². The number of benzene rings is 1. The van der Waals surface area contributed by atoms with E-state index in [4.69, 9.17) is 0 Å². The smallest absolute Gasteiger partial charge is 0.359 e. The Hall–Kier alpha value is -1.35. The maximum atomic E-state index is 11.2. The Morgan fingerprint density at radius 2 is 2.00 bits per heavy atom. The normalized spacial score (nSPS) is 10.2. The van der Waals surface area contributed by atoms with Gasteiger partial charge in [-0.05, 0) is 19.1 Å². The lowest BCUT2D eigenvalue weighted by atomic mass is 10.1. The highest BCUT2D eigenvalue weighted by Gasteiger charge is 2.08. The number of aromatic nitrogens is 1. The summed E-state index contributed by atoms with van der Waals surface area (Å²) in [6, 6.07) is 7.87. The van der Waals surface area contributed by atoms with Gasteiger partial charge in [0.15, 0.2) is 0 Å². The molecule has 0 amide bonds. The summed E-state index contributed by atoms with van der Waals surface area (Å²) in [7, 11) is 0. The van der Waals surface area contributed by atoms with Gasteiger partial charge in [-0.1, -0.05) is 29.0 Å². The average molecular weight is 190 g/mol. The molecule has 0 atom stereocenters. The van der Waals surface area contributed by atoms with Crippen LogP contribution in [0.1, 0.15) is 5.56 Å². The second kappa shape index (κ2) is 3.18. The number of hydrogen-bond acceptors (Lipinski definition) is 2. The van der Waals surface area contributed by atoms with E-state index in [2.05, 4.69) is 5.51 Å². The highest BCUT2D eigenvalue weighted by molar-refractivity contribution is 7.07. The van der Waals surface area contributed by atoms with Crippen LogP contribution in [0.3, 0.4) is 0 Å². The summed E-state index contributed by atoms with van der Waals surface area (Å²) in [6.07, 6.45) is 0. The Morgan fingerprint density at radius 3 is 2.54 bits per heavy atom. The van der Waals surface area contributed by atoms with Crippen LogP contribution in [0.2, 0.25) is 0 Å². The first kappa shape index (κ1) is 8.26. The largest absolute Gasteiger partial charge is 0.617 e. The van der Waals surface area contributed by atoms with Crippen molar-refractivity contribution in [2.45, 2.75) is 6.92 Å². The summed E-state index contributed by atoms with van der Waals surface area (Å²) in [5.41, 5.74) is 5.39. The lowest BCUT2D eigenvalue weighted by molar-refractivity contribution is -0.592. The van der Waals surface area contributed by atoms with Crippen LogP contribution in [-0.2, 0) is 0 Å². The molecule has 0 unspecified atom stereocenters. The third kappa shape index (κ3) is 1.55. The zero-order chi connectivity index (χ0) is 9.26. The van der Waals surface area contributed by atoms with Crippen molar-refractivity contribution >= 4 is 11.3 Å². The first-order valence-corrected chi connectivity index (χ1v) is 4.81. The van der Waals surface area contributed by atoms with Gasteiger partial charge in [-0.15, -0.1) is 4.73 Å². The number of rotatable bonds is 1. The van der Waals surface area contributed by atoms with Crippen LogP contribution in [0, 0.1) is 17.6 Å². The quantitative estimate of drug-likeness (QED) is 0.500. The molecule has 3 heteroatoms. The minimum atomic E-state index is 0.671. The van der Waals surface area contributed by atoms with E-state index in [9.17, 15) is 5.21 Å². The molecule has 0 spiro atoms. The standard InChI is InChI=1S/C10H8NOS/c1-8-2-4-9(5-3-8)10-6-13-7-11(10)12/h2-6H,1H3. The van der Waals surface area contributed by atoms with E-state index in [1.54, 1.807) is 5.38 Å². The monoisotopic (exact) mass is 190 g/mol. The van der Waals surface area contributed by atoms with Gasteiger partial charge < -0.3 is 5.21 Å². The van der Waals surface area contributed by atoms with Crippen LogP contribution >= 0.6 is 11.3 Å². The van der Waals surface area contributed by atoms with Gasteiger partial charge in [0.05, 0.1) is 5.38 Å². The van der Waals surface area contributed by atoms with Gasteiger partial charge in [0, 0.05) is 5.56 Å². The Balaban J connectivity index is 2.47. The van der Waals surface area contributed by atoms with Gasteiger partial charge in [-0.3, -0.25) is 0 Å². The minimum absolute atomic E-state index is 0.671. The van der Waals surface area contributed by atoms with Crippen molar-refractivity contribution in [1.82, 2.24) is 0 Å². The Labute approximate surface area is 80.7 Å². The molecule has 2 rings (SSSR count). The number of hydrogen-bond donors (Lipinski definition) is 0. The summed E-state index contributed by atoms with van der Waals surface area (Å²) in [6.45, 7) is 2.02. The Kier molecular flexibility index (Phi) is 2.02. The molecule has 0 saturated heterocycles. The van der Waals surface area contributed by atoms with E-state index < -0.39 is 0 Å². The molecule has 0 aliphatic rings. The molecule has 0 aliphatic carbocycles. The first-order chi connectivity index (χ1) is 6.27. The molecular weight excluding hydrogens is 182 g/mol. The van der Waals surface area contributed by atoms with Crippen molar-refractivity contribution in [3.8, 4) is 11.3 Å². The first-order valence-electron chi connectivity index (χ1n) is 3.93. The fourth-order valence-electron chi connectivity index (χ4n) is 1.14. The fourth-order valence-corrected chi connectivity index (χ4v) is 1.73. The molecule has 0 aliphatic heterocycles. The molecule has 13 heavy (non-hydrogen) atoms. The summed E-state index contributed by atoms with van der Waals surface area (Å²) in [5.74, 6) is 0. The number of nitrogens with zero attached hydrogens (tertiary/aromatic N) is 1. The van der Waals surface area contributed by atoms with Gasteiger partial charge in [0.2, 0.25) is 5.69 Å². The van der Waals surface area contributed by atoms with Gasteiger partial charge in [-0.25, -0.2) is 0 Å². The van der Waals surface area contributed by atoms with E-state index in [0.717, 1.165) is 10.3 Å². The zero-order valence-corrected chi connectivity index (χ0v) is 7.97. The predicted octanol–water partition coefficient (Wildman–Crippen LogP) is 2.16. The maximum Gasteiger partial charge on any atom is 0.359 e. The third-order valence-corrected chi connectivity index (χ3v) is 2.48. The van der Waals surface area contributed by atoms with Crippen LogP contribution < -0.4 is 4.73 Å². The van der Waals surface area contributed by atoms with Crippen molar-refractivity contribution in [3.05, 3.63) is 45.9 Å². The van der Waals surface area contributed by atoms with Gasteiger partial charge in [0.1, 0.15) is 0 Å². The van der Waals surface area contributed by atoms with Gasteiger partial charge in [-0.2, -0.15) is 0 Å². The molecule has 65 valence electrons. The van der Waals surface area contributed by atoms with Crippen LogP contribution in [0.4, 0.5) is 0 Å². The molecule has 1 heterocycles.